The van der Waals surface area contributed by atoms with Crippen LogP contribution in [-0.2, 0) is 6.42 Å². The highest BCUT2D eigenvalue weighted by atomic mass is 16.5. The van der Waals surface area contributed by atoms with Crippen LogP contribution < -0.4 is 5.73 Å². The van der Waals surface area contributed by atoms with E-state index >= 15 is 0 Å². The second-order valence-electron chi connectivity index (χ2n) is 5.09. The van der Waals surface area contributed by atoms with E-state index in [-0.39, 0.29) is 0 Å². The second-order valence-corrected chi connectivity index (χ2v) is 5.09. The van der Waals surface area contributed by atoms with Crippen molar-refractivity contribution in [2.45, 2.75) is 38.0 Å². The SMILES string of the molecule is CC(Cc1nc(C2CC2)no1)c1ccc(N)cc1. The lowest BCUT2D eigenvalue weighted by Crippen LogP contribution is -1.99. The Bertz CT molecular complexity index is 528. The number of nitrogens with zero attached hydrogens (tertiary/aromatic N) is 2. The molecule has 1 fully saturated rings. The molecule has 1 aromatic heterocycles. The molecule has 0 saturated heterocycles. The van der Waals surface area contributed by atoms with Gasteiger partial charge in [-0.25, -0.2) is 0 Å². The molecule has 3 rings (SSSR count). The fourth-order valence-corrected chi connectivity index (χ4v) is 2.06. The predicted molar refractivity (Wildman–Crippen MR) is 69.2 cm³/mol. The van der Waals surface area contributed by atoms with Gasteiger partial charge in [0.2, 0.25) is 5.89 Å². The van der Waals surface area contributed by atoms with Crippen LogP contribution in [0, 0.1) is 0 Å². The average Bonchev–Trinajstić information content (AvgIpc) is 3.11. The molecule has 1 unspecified atom stereocenters. The van der Waals surface area contributed by atoms with E-state index in [1.807, 2.05) is 12.1 Å². The number of anilines is 1. The molecule has 1 aromatic carbocycles. The minimum atomic E-state index is 0.359. The third-order valence-corrected chi connectivity index (χ3v) is 3.41. The van der Waals surface area contributed by atoms with Gasteiger partial charge in [-0.1, -0.05) is 24.2 Å². The van der Waals surface area contributed by atoms with Crippen molar-refractivity contribution in [2.24, 2.45) is 0 Å². The Morgan fingerprint density at radius 2 is 2.06 bits per heavy atom. The van der Waals surface area contributed by atoms with Crippen LogP contribution in [-0.4, -0.2) is 10.1 Å². The van der Waals surface area contributed by atoms with Crippen LogP contribution >= 0.6 is 0 Å². The molecule has 18 heavy (non-hydrogen) atoms. The van der Waals surface area contributed by atoms with Crippen molar-refractivity contribution in [3.05, 3.63) is 41.5 Å². The first kappa shape index (κ1) is 11.3. The molecule has 1 atom stereocenters. The van der Waals surface area contributed by atoms with E-state index in [4.69, 9.17) is 10.3 Å². The maximum Gasteiger partial charge on any atom is 0.227 e. The van der Waals surface area contributed by atoms with Crippen molar-refractivity contribution < 1.29 is 4.52 Å². The standard InChI is InChI=1S/C14H17N3O/c1-9(10-4-6-12(15)7-5-10)8-13-16-14(17-18-13)11-2-3-11/h4-7,9,11H,2-3,8,15H2,1H3. The monoisotopic (exact) mass is 243 g/mol. The Morgan fingerprint density at radius 3 is 2.72 bits per heavy atom. The first-order valence-corrected chi connectivity index (χ1v) is 6.40. The molecule has 2 N–H and O–H groups in total. The number of hydrogen-bond donors (Lipinski definition) is 1. The fraction of sp³-hybridized carbons (Fsp3) is 0.429. The number of nitrogens with two attached hydrogens (primary N) is 1. The lowest BCUT2D eigenvalue weighted by Gasteiger charge is -2.08. The van der Waals surface area contributed by atoms with Gasteiger partial charge < -0.3 is 10.3 Å². The summed E-state index contributed by atoms with van der Waals surface area (Å²) in [5.41, 5.74) is 7.72. The number of hydrogen-bond acceptors (Lipinski definition) is 4. The third kappa shape index (κ3) is 2.37. The van der Waals surface area contributed by atoms with E-state index in [2.05, 4.69) is 29.2 Å². The first-order valence-electron chi connectivity index (χ1n) is 6.40. The lowest BCUT2D eigenvalue weighted by molar-refractivity contribution is 0.366. The molecule has 94 valence electrons. The summed E-state index contributed by atoms with van der Waals surface area (Å²) in [7, 11) is 0. The summed E-state index contributed by atoms with van der Waals surface area (Å²) in [5.74, 6) is 2.53. The number of benzene rings is 1. The van der Waals surface area contributed by atoms with Crippen LogP contribution in [0.4, 0.5) is 5.69 Å². The summed E-state index contributed by atoms with van der Waals surface area (Å²) < 4.78 is 5.30. The van der Waals surface area contributed by atoms with Crippen LogP contribution in [0.3, 0.4) is 0 Å². The molecule has 1 aliphatic rings. The third-order valence-electron chi connectivity index (χ3n) is 3.41. The van der Waals surface area contributed by atoms with Crippen molar-refractivity contribution in [3.8, 4) is 0 Å². The van der Waals surface area contributed by atoms with Crippen molar-refractivity contribution >= 4 is 5.69 Å². The minimum absolute atomic E-state index is 0.359. The van der Waals surface area contributed by atoms with Crippen molar-refractivity contribution in [3.63, 3.8) is 0 Å². The molecule has 0 spiro atoms. The number of aromatic nitrogens is 2. The Morgan fingerprint density at radius 1 is 1.33 bits per heavy atom. The lowest BCUT2D eigenvalue weighted by atomic mass is 9.98. The maximum absolute atomic E-state index is 5.68. The van der Waals surface area contributed by atoms with Gasteiger partial charge in [0, 0.05) is 18.0 Å². The molecule has 0 amide bonds. The molecule has 2 aromatic rings. The van der Waals surface area contributed by atoms with Gasteiger partial charge in [-0.2, -0.15) is 4.98 Å². The Hall–Kier alpha value is -1.84. The second kappa shape index (κ2) is 4.44. The van der Waals surface area contributed by atoms with E-state index in [0.29, 0.717) is 11.8 Å². The van der Waals surface area contributed by atoms with Crippen LogP contribution in [0.2, 0.25) is 0 Å². The largest absolute Gasteiger partial charge is 0.399 e. The molecule has 0 aliphatic heterocycles. The van der Waals surface area contributed by atoms with Crippen LogP contribution in [0.25, 0.3) is 0 Å². The predicted octanol–water partition coefficient (Wildman–Crippen LogP) is 2.88. The molecule has 0 radical (unpaired) electrons. The summed E-state index contributed by atoms with van der Waals surface area (Å²) in [5, 5.41) is 4.03. The molecule has 4 nitrogen and oxygen atoms in total. The summed E-state index contributed by atoms with van der Waals surface area (Å²) in [4.78, 5) is 4.45. The number of rotatable bonds is 4. The van der Waals surface area contributed by atoms with E-state index in [1.165, 1.54) is 18.4 Å². The van der Waals surface area contributed by atoms with Gasteiger partial charge in [0.05, 0.1) is 0 Å². The average molecular weight is 243 g/mol. The topological polar surface area (TPSA) is 64.9 Å². The van der Waals surface area contributed by atoms with Crippen molar-refractivity contribution in [1.29, 1.82) is 0 Å². The highest BCUT2D eigenvalue weighted by molar-refractivity contribution is 5.40. The molecule has 0 bridgehead atoms. The van der Waals surface area contributed by atoms with Gasteiger partial charge in [0.25, 0.3) is 0 Å². The summed E-state index contributed by atoms with van der Waals surface area (Å²) in [6.07, 6.45) is 3.18. The summed E-state index contributed by atoms with van der Waals surface area (Å²) >= 11 is 0. The van der Waals surface area contributed by atoms with E-state index in [0.717, 1.165) is 23.8 Å². The van der Waals surface area contributed by atoms with Crippen LogP contribution in [0.1, 0.15) is 48.9 Å². The van der Waals surface area contributed by atoms with Gasteiger partial charge in [-0.05, 0) is 36.5 Å². The Kier molecular flexibility index (Phi) is 2.78. The van der Waals surface area contributed by atoms with Gasteiger partial charge >= 0.3 is 0 Å². The normalized spacial score (nSPS) is 16.7. The van der Waals surface area contributed by atoms with Gasteiger partial charge in [-0.15, -0.1) is 0 Å². The molecule has 1 aliphatic carbocycles. The summed E-state index contributed by atoms with van der Waals surface area (Å²) in [6, 6.07) is 7.96. The maximum atomic E-state index is 5.68. The molecular formula is C14H17N3O. The number of nitrogen functional groups attached to an aromatic ring is 1. The van der Waals surface area contributed by atoms with Gasteiger partial charge in [0.1, 0.15) is 0 Å². The highest BCUT2D eigenvalue weighted by Crippen LogP contribution is 2.38. The van der Waals surface area contributed by atoms with E-state index in [9.17, 15) is 0 Å². The Balaban J connectivity index is 1.68. The van der Waals surface area contributed by atoms with Gasteiger partial charge in [-0.3, -0.25) is 0 Å². The molecule has 4 heteroatoms. The van der Waals surface area contributed by atoms with Gasteiger partial charge in [0.15, 0.2) is 5.82 Å². The van der Waals surface area contributed by atoms with Crippen LogP contribution in [0.5, 0.6) is 0 Å². The molecule has 1 heterocycles. The zero-order valence-electron chi connectivity index (χ0n) is 10.5. The van der Waals surface area contributed by atoms with Crippen molar-refractivity contribution in [2.75, 3.05) is 5.73 Å². The van der Waals surface area contributed by atoms with Crippen molar-refractivity contribution in [1.82, 2.24) is 10.1 Å². The quantitative estimate of drug-likeness (QED) is 0.838. The Labute approximate surface area is 106 Å². The smallest absolute Gasteiger partial charge is 0.227 e. The fourth-order valence-electron chi connectivity index (χ4n) is 2.06. The molecule has 1 saturated carbocycles. The zero-order chi connectivity index (χ0) is 12.5. The first-order chi connectivity index (χ1) is 8.72. The minimum Gasteiger partial charge on any atom is -0.399 e. The zero-order valence-corrected chi connectivity index (χ0v) is 10.5. The highest BCUT2D eigenvalue weighted by Gasteiger charge is 2.28. The van der Waals surface area contributed by atoms with E-state index in [1.54, 1.807) is 0 Å². The van der Waals surface area contributed by atoms with Crippen LogP contribution in [0.15, 0.2) is 28.8 Å². The van der Waals surface area contributed by atoms with E-state index < -0.39 is 0 Å². The summed E-state index contributed by atoms with van der Waals surface area (Å²) in [6.45, 7) is 2.16. The molecular weight excluding hydrogens is 226 g/mol.